The van der Waals surface area contributed by atoms with Gasteiger partial charge in [-0.1, -0.05) is 18.2 Å². The quantitative estimate of drug-likeness (QED) is 0.391. The highest BCUT2D eigenvalue weighted by Gasteiger charge is 2.07. The predicted octanol–water partition coefficient (Wildman–Crippen LogP) is 4.80. The van der Waals surface area contributed by atoms with Crippen molar-refractivity contribution in [1.82, 2.24) is 9.13 Å². The molecule has 1 N–H and O–H groups in total. The summed E-state index contributed by atoms with van der Waals surface area (Å²) in [5, 5.41) is 5.57. The van der Waals surface area contributed by atoms with Crippen LogP contribution in [0.4, 0.5) is 5.69 Å². The van der Waals surface area contributed by atoms with Crippen LogP contribution in [0.15, 0.2) is 83.4 Å². The van der Waals surface area contributed by atoms with Crippen molar-refractivity contribution in [1.29, 1.82) is 0 Å². The van der Waals surface area contributed by atoms with Crippen LogP contribution in [0.3, 0.4) is 0 Å². The van der Waals surface area contributed by atoms with Crippen LogP contribution in [0, 0.1) is 6.92 Å². The molecule has 5 nitrogen and oxygen atoms in total. The Morgan fingerprint density at radius 1 is 1.03 bits per heavy atom. The Kier molecular flexibility index (Phi) is 6.89. The Bertz CT molecular complexity index is 1150. The van der Waals surface area contributed by atoms with Crippen LogP contribution in [0.2, 0.25) is 0 Å². The van der Waals surface area contributed by atoms with E-state index in [0.29, 0.717) is 18.9 Å². The van der Waals surface area contributed by atoms with Crippen LogP contribution in [-0.2, 0) is 19.5 Å². The van der Waals surface area contributed by atoms with Crippen molar-refractivity contribution in [3.63, 3.8) is 0 Å². The molecule has 0 aliphatic carbocycles. The number of thiophene rings is 1. The number of aromatic nitrogens is 2. The minimum absolute atomic E-state index is 0.0565. The maximum atomic E-state index is 12.6. The van der Waals surface area contributed by atoms with Crippen LogP contribution in [0.1, 0.15) is 16.0 Å². The minimum atomic E-state index is -0.0565. The van der Waals surface area contributed by atoms with Gasteiger partial charge in [-0.2, -0.15) is 0 Å². The molecule has 4 aromatic rings. The van der Waals surface area contributed by atoms with Crippen molar-refractivity contribution in [3.05, 3.63) is 105 Å². The number of pyridine rings is 1. The summed E-state index contributed by atoms with van der Waals surface area (Å²) < 4.78 is 9.63. The second-order valence-corrected chi connectivity index (χ2v) is 8.48. The van der Waals surface area contributed by atoms with E-state index in [4.69, 9.17) is 4.74 Å². The van der Waals surface area contributed by atoms with Crippen molar-refractivity contribution in [2.24, 2.45) is 0 Å². The van der Waals surface area contributed by atoms with Crippen molar-refractivity contribution in [2.75, 3.05) is 18.5 Å². The molecule has 0 aliphatic heterocycles. The van der Waals surface area contributed by atoms with Gasteiger partial charge in [0.15, 0.2) is 0 Å². The highest BCUT2D eigenvalue weighted by molar-refractivity contribution is 7.09. The topological polar surface area (TPSA) is 48.2 Å². The molecule has 4 rings (SSSR count). The zero-order valence-electron chi connectivity index (χ0n) is 17.7. The third kappa shape index (κ3) is 5.67. The number of nitrogens with one attached hydrogen (secondary N) is 1. The fourth-order valence-electron chi connectivity index (χ4n) is 3.50. The molecule has 0 fully saturated rings. The first-order valence-corrected chi connectivity index (χ1v) is 11.4. The summed E-state index contributed by atoms with van der Waals surface area (Å²) >= 11 is 1.72. The van der Waals surface area contributed by atoms with Crippen molar-refractivity contribution < 1.29 is 4.74 Å². The summed E-state index contributed by atoms with van der Waals surface area (Å²) in [5.74, 6) is 0.620. The van der Waals surface area contributed by atoms with E-state index in [1.807, 2.05) is 36.5 Å². The second kappa shape index (κ2) is 10.2. The average Bonchev–Trinajstić information content (AvgIpc) is 3.47. The number of hydrogen-bond acceptors (Lipinski definition) is 4. The summed E-state index contributed by atoms with van der Waals surface area (Å²) in [6.45, 7) is 4.95. The smallest absolute Gasteiger partial charge is 0.254 e. The van der Waals surface area contributed by atoms with Gasteiger partial charge in [-0.15, -0.1) is 11.3 Å². The molecule has 0 saturated carbocycles. The lowest BCUT2D eigenvalue weighted by Gasteiger charge is -2.15. The van der Waals surface area contributed by atoms with Crippen molar-refractivity contribution >= 4 is 17.0 Å². The molecular formula is C25H27N3O2S. The van der Waals surface area contributed by atoms with E-state index in [1.54, 1.807) is 22.0 Å². The van der Waals surface area contributed by atoms with Gasteiger partial charge < -0.3 is 19.2 Å². The molecule has 160 valence electrons. The second-order valence-electron chi connectivity index (χ2n) is 7.44. The molecule has 0 unspecified atom stereocenters. The molecule has 0 aliphatic rings. The summed E-state index contributed by atoms with van der Waals surface area (Å²) in [6.07, 6.45) is 6.79. The highest BCUT2D eigenvalue weighted by Crippen LogP contribution is 2.20. The van der Waals surface area contributed by atoms with Gasteiger partial charge in [0, 0.05) is 54.7 Å². The lowest BCUT2D eigenvalue weighted by atomic mass is 10.1. The molecule has 3 heterocycles. The Hall–Kier alpha value is -3.25. The van der Waals surface area contributed by atoms with E-state index >= 15 is 0 Å². The summed E-state index contributed by atoms with van der Waals surface area (Å²) in [6, 6.07) is 17.8. The van der Waals surface area contributed by atoms with Crippen LogP contribution in [0.25, 0.3) is 0 Å². The number of nitrogens with zero attached hydrogens (tertiary/aromatic N) is 2. The third-order valence-electron chi connectivity index (χ3n) is 5.30. The van der Waals surface area contributed by atoms with Crippen LogP contribution in [-0.4, -0.2) is 22.3 Å². The van der Waals surface area contributed by atoms with Crippen LogP contribution < -0.4 is 15.6 Å². The van der Waals surface area contributed by atoms with E-state index in [2.05, 4.69) is 52.8 Å². The van der Waals surface area contributed by atoms with Gasteiger partial charge in [-0.3, -0.25) is 4.79 Å². The van der Waals surface area contributed by atoms with Crippen LogP contribution >= 0.6 is 11.3 Å². The molecule has 0 radical (unpaired) electrons. The molecule has 0 atom stereocenters. The lowest BCUT2D eigenvalue weighted by Crippen LogP contribution is -2.20. The molecule has 0 amide bonds. The maximum absolute atomic E-state index is 12.6. The molecule has 0 bridgehead atoms. The number of anilines is 1. The normalized spacial score (nSPS) is 10.9. The average molecular weight is 434 g/mol. The van der Waals surface area contributed by atoms with Gasteiger partial charge in [-0.05, 0) is 53.8 Å². The van der Waals surface area contributed by atoms with Crippen LogP contribution in [0.5, 0.6) is 5.75 Å². The van der Waals surface area contributed by atoms with Gasteiger partial charge in [0.05, 0.1) is 13.2 Å². The highest BCUT2D eigenvalue weighted by atomic mass is 32.1. The van der Waals surface area contributed by atoms with Crippen molar-refractivity contribution in [3.8, 4) is 5.75 Å². The number of ether oxygens (including phenoxy) is 1. The summed E-state index contributed by atoms with van der Waals surface area (Å²) in [4.78, 5) is 13.9. The maximum Gasteiger partial charge on any atom is 0.254 e. The van der Waals surface area contributed by atoms with Gasteiger partial charge in [0.2, 0.25) is 0 Å². The van der Waals surface area contributed by atoms with E-state index in [1.165, 1.54) is 4.88 Å². The van der Waals surface area contributed by atoms with Crippen molar-refractivity contribution in [2.45, 2.75) is 26.4 Å². The molecular weight excluding hydrogens is 406 g/mol. The zero-order chi connectivity index (χ0) is 21.5. The Morgan fingerprint density at radius 3 is 2.68 bits per heavy atom. The fraction of sp³-hybridized carbons (Fsp3) is 0.240. The Balaban J connectivity index is 1.36. The lowest BCUT2D eigenvalue weighted by molar-refractivity contribution is 0.321. The number of rotatable bonds is 10. The zero-order valence-corrected chi connectivity index (χ0v) is 18.5. The fourth-order valence-corrected chi connectivity index (χ4v) is 4.19. The SMILES string of the molecule is Cc1c(Cn2ccc(OCCc3cccs3)cc2=O)cccc1NCCn1cccc1. The Labute approximate surface area is 186 Å². The van der Waals surface area contributed by atoms with E-state index in [-0.39, 0.29) is 5.56 Å². The summed E-state index contributed by atoms with van der Waals surface area (Å²) in [7, 11) is 0. The van der Waals surface area contributed by atoms with Gasteiger partial charge in [0.1, 0.15) is 5.75 Å². The Morgan fingerprint density at radius 2 is 1.90 bits per heavy atom. The first kappa shape index (κ1) is 21.0. The van der Waals surface area contributed by atoms with Gasteiger partial charge in [0.25, 0.3) is 5.56 Å². The molecule has 3 aromatic heterocycles. The van der Waals surface area contributed by atoms with E-state index in [9.17, 15) is 4.79 Å². The molecule has 0 saturated heterocycles. The molecule has 0 spiro atoms. The van der Waals surface area contributed by atoms with E-state index < -0.39 is 0 Å². The molecule has 1 aromatic carbocycles. The molecule has 31 heavy (non-hydrogen) atoms. The van der Waals surface area contributed by atoms with E-state index in [0.717, 1.165) is 36.3 Å². The summed E-state index contributed by atoms with van der Waals surface area (Å²) in [5.41, 5.74) is 3.34. The van der Waals surface area contributed by atoms with Gasteiger partial charge >= 0.3 is 0 Å². The number of hydrogen-bond donors (Lipinski definition) is 1. The molecule has 6 heteroatoms. The monoisotopic (exact) mass is 433 g/mol. The minimum Gasteiger partial charge on any atom is -0.493 e. The number of benzene rings is 1. The largest absolute Gasteiger partial charge is 0.493 e. The first-order chi connectivity index (χ1) is 15.2. The standard InChI is InChI=1S/C25H27N3O2S/c1-20-21(6-4-8-24(20)26-11-15-27-12-2-3-13-27)19-28-14-9-22(18-25(28)29)30-16-10-23-7-5-17-31-23/h2-9,12-14,17-18,26H,10-11,15-16,19H2,1H3. The first-order valence-electron chi connectivity index (χ1n) is 10.5. The van der Waals surface area contributed by atoms with Gasteiger partial charge in [-0.25, -0.2) is 0 Å². The predicted molar refractivity (Wildman–Crippen MR) is 127 cm³/mol. The third-order valence-corrected chi connectivity index (χ3v) is 6.24.